The van der Waals surface area contributed by atoms with Gasteiger partial charge in [-0.05, 0) is 81.6 Å². The number of hydrogen-bond acceptors (Lipinski definition) is 4. The molecule has 2 amide bonds. The van der Waals surface area contributed by atoms with Crippen LogP contribution in [-0.2, 0) is 26.2 Å². The van der Waals surface area contributed by atoms with Crippen molar-refractivity contribution < 1.29 is 22.4 Å². The van der Waals surface area contributed by atoms with E-state index >= 15 is 0 Å². The molecule has 0 radical (unpaired) electrons. The van der Waals surface area contributed by atoms with Gasteiger partial charge in [0.2, 0.25) is 11.8 Å². The molecule has 0 fully saturated rings. The Morgan fingerprint density at radius 2 is 1.62 bits per heavy atom. The Hall–Kier alpha value is -3.43. The molecule has 214 valence electrons. The van der Waals surface area contributed by atoms with Crippen molar-refractivity contribution in [2.24, 2.45) is 0 Å². The second-order valence-electron chi connectivity index (χ2n) is 10.6. The third-order valence-electron chi connectivity index (χ3n) is 6.20. The number of carbonyl (C=O) groups excluding carboxylic acids is 2. The molecule has 0 aromatic heterocycles. The molecule has 0 saturated carbocycles. The van der Waals surface area contributed by atoms with E-state index in [1.54, 1.807) is 44.2 Å². The van der Waals surface area contributed by atoms with E-state index in [0.29, 0.717) is 10.6 Å². The Balaban J connectivity index is 2.08. The summed E-state index contributed by atoms with van der Waals surface area (Å²) < 4.78 is 42.3. The third kappa shape index (κ3) is 7.82. The Morgan fingerprint density at radius 1 is 1.00 bits per heavy atom. The summed E-state index contributed by atoms with van der Waals surface area (Å²) >= 11 is 6.35. The summed E-state index contributed by atoms with van der Waals surface area (Å²) in [7, 11) is -4.20. The molecule has 0 unspecified atom stereocenters. The number of aryl methyl sites for hydroxylation is 1. The number of rotatable bonds is 10. The van der Waals surface area contributed by atoms with E-state index in [4.69, 9.17) is 11.6 Å². The molecule has 0 aliphatic heterocycles. The summed E-state index contributed by atoms with van der Waals surface area (Å²) in [4.78, 5) is 28.7. The number of benzene rings is 3. The Bertz CT molecular complexity index is 1440. The van der Waals surface area contributed by atoms with E-state index in [-0.39, 0.29) is 29.5 Å². The second-order valence-corrected chi connectivity index (χ2v) is 12.8. The van der Waals surface area contributed by atoms with E-state index in [2.05, 4.69) is 5.32 Å². The first-order chi connectivity index (χ1) is 18.7. The van der Waals surface area contributed by atoms with Crippen LogP contribution < -0.4 is 9.62 Å². The number of anilines is 1. The second kappa shape index (κ2) is 12.8. The summed E-state index contributed by atoms with van der Waals surface area (Å²) in [6.07, 6.45) is 0.274. The van der Waals surface area contributed by atoms with Crippen molar-refractivity contribution in [3.63, 3.8) is 0 Å². The van der Waals surface area contributed by atoms with Gasteiger partial charge in [0.1, 0.15) is 18.4 Å². The molecule has 0 saturated heterocycles. The average Bonchev–Trinajstić information content (AvgIpc) is 2.89. The SMILES string of the molecule is CC[C@@H](C(=O)NC(C)(C)C)N(Cc1ccc(F)cc1)C(=O)CN(c1ccc(C)c(Cl)c1)S(=O)(=O)c1ccccc1. The van der Waals surface area contributed by atoms with E-state index in [1.165, 1.54) is 47.4 Å². The van der Waals surface area contributed by atoms with Crippen molar-refractivity contribution in [2.75, 3.05) is 10.8 Å². The summed E-state index contributed by atoms with van der Waals surface area (Å²) in [5.74, 6) is -1.41. The van der Waals surface area contributed by atoms with Crippen molar-refractivity contribution >= 4 is 39.1 Å². The van der Waals surface area contributed by atoms with Crippen LogP contribution in [0.1, 0.15) is 45.2 Å². The van der Waals surface area contributed by atoms with Crippen molar-refractivity contribution in [2.45, 2.75) is 64.1 Å². The minimum absolute atomic E-state index is 0.00194. The smallest absolute Gasteiger partial charge is 0.264 e. The van der Waals surface area contributed by atoms with Crippen LogP contribution in [0.2, 0.25) is 5.02 Å². The molecule has 0 aliphatic rings. The fourth-order valence-electron chi connectivity index (χ4n) is 4.14. The molecule has 10 heteroatoms. The molecule has 3 aromatic rings. The number of sulfonamides is 1. The monoisotopic (exact) mass is 587 g/mol. The molecule has 0 aliphatic carbocycles. The minimum Gasteiger partial charge on any atom is -0.350 e. The maximum Gasteiger partial charge on any atom is 0.264 e. The molecule has 1 N–H and O–H groups in total. The van der Waals surface area contributed by atoms with Crippen LogP contribution in [0.15, 0.2) is 77.7 Å². The zero-order chi connectivity index (χ0) is 29.7. The van der Waals surface area contributed by atoms with Gasteiger partial charge in [-0.3, -0.25) is 13.9 Å². The van der Waals surface area contributed by atoms with Gasteiger partial charge in [-0.1, -0.05) is 54.9 Å². The molecule has 0 heterocycles. The van der Waals surface area contributed by atoms with Gasteiger partial charge in [0.15, 0.2) is 0 Å². The van der Waals surface area contributed by atoms with Crippen molar-refractivity contribution in [1.29, 1.82) is 0 Å². The van der Waals surface area contributed by atoms with E-state index in [0.717, 1.165) is 9.87 Å². The molecule has 0 spiro atoms. The van der Waals surface area contributed by atoms with Crippen LogP contribution in [0, 0.1) is 12.7 Å². The lowest BCUT2D eigenvalue weighted by atomic mass is 10.1. The lowest BCUT2D eigenvalue weighted by Gasteiger charge is -2.34. The zero-order valence-corrected chi connectivity index (χ0v) is 24.9. The van der Waals surface area contributed by atoms with E-state index < -0.39 is 39.9 Å². The fourth-order valence-corrected chi connectivity index (χ4v) is 5.75. The molecular weight excluding hydrogens is 553 g/mol. The summed E-state index contributed by atoms with van der Waals surface area (Å²) in [5.41, 5.74) is 0.988. The number of hydrogen-bond donors (Lipinski definition) is 1. The van der Waals surface area contributed by atoms with Gasteiger partial charge in [-0.25, -0.2) is 12.8 Å². The first-order valence-corrected chi connectivity index (χ1v) is 14.7. The largest absolute Gasteiger partial charge is 0.350 e. The van der Waals surface area contributed by atoms with Gasteiger partial charge in [-0.15, -0.1) is 0 Å². The van der Waals surface area contributed by atoms with Crippen molar-refractivity contribution in [1.82, 2.24) is 10.2 Å². The Morgan fingerprint density at radius 3 is 2.17 bits per heavy atom. The maximum atomic E-state index is 14.0. The van der Waals surface area contributed by atoms with E-state index in [1.807, 2.05) is 20.8 Å². The highest BCUT2D eigenvalue weighted by atomic mass is 35.5. The highest BCUT2D eigenvalue weighted by Crippen LogP contribution is 2.28. The number of nitrogens with zero attached hydrogens (tertiary/aromatic N) is 2. The minimum atomic E-state index is -4.20. The van der Waals surface area contributed by atoms with Gasteiger partial charge in [-0.2, -0.15) is 0 Å². The first kappa shape index (κ1) is 31.1. The van der Waals surface area contributed by atoms with Gasteiger partial charge in [0, 0.05) is 17.1 Å². The summed E-state index contributed by atoms with van der Waals surface area (Å²) in [5, 5.41) is 3.26. The summed E-state index contributed by atoms with van der Waals surface area (Å²) in [6.45, 7) is 8.45. The Labute approximate surface area is 241 Å². The molecule has 7 nitrogen and oxygen atoms in total. The van der Waals surface area contributed by atoms with Gasteiger partial charge < -0.3 is 10.2 Å². The van der Waals surface area contributed by atoms with Crippen LogP contribution in [-0.4, -0.2) is 43.3 Å². The van der Waals surface area contributed by atoms with Crippen molar-refractivity contribution in [3.05, 3.63) is 94.8 Å². The third-order valence-corrected chi connectivity index (χ3v) is 8.40. The number of carbonyl (C=O) groups is 2. The highest BCUT2D eigenvalue weighted by molar-refractivity contribution is 7.92. The van der Waals surface area contributed by atoms with Crippen LogP contribution >= 0.6 is 11.6 Å². The number of amides is 2. The number of halogens is 2. The predicted molar refractivity (Wildman–Crippen MR) is 156 cm³/mol. The fraction of sp³-hybridized carbons (Fsp3) is 0.333. The predicted octanol–water partition coefficient (Wildman–Crippen LogP) is 5.70. The van der Waals surface area contributed by atoms with Gasteiger partial charge in [0.25, 0.3) is 10.0 Å². The van der Waals surface area contributed by atoms with Crippen LogP contribution in [0.25, 0.3) is 0 Å². The molecular formula is C30H35ClFN3O4S. The Kier molecular flexibility index (Phi) is 9.97. The maximum absolute atomic E-state index is 14.0. The van der Waals surface area contributed by atoms with Crippen LogP contribution in [0.3, 0.4) is 0 Å². The first-order valence-electron chi connectivity index (χ1n) is 12.9. The zero-order valence-electron chi connectivity index (χ0n) is 23.3. The number of nitrogens with one attached hydrogen (secondary N) is 1. The molecule has 0 bridgehead atoms. The molecule has 3 aromatic carbocycles. The molecule has 3 rings (SSSR count). The normalized spacial score (nSPS) is 12.5. The van der Waals surface area contributed by atoms with Gasteiger partial charge in [0.05, 0.1) is 10.6 Å². The lowest BCUT2D eigenvalue weighted by molar-refractivity contribution is -0.141. The summed E-state index contributed by atoms with van der Waals surface area (Å²) in [6, 6.07) is 17.3. The molecule has 1 atom stereocenters. The highest BCUT2D eigenvalue weighted by Gasteiger charge is 2.34. The molecule has 40 heavy (non-hydrogen) atoms. The topological polar surface area (TPSA) is 86.8 Å². The standard InChI is InChI=1S/C30H35ClFN3O4S/c1-6-27(29(37)33-30(3,4)5)34(19-22-13-15-23(32)16-14-22)28(36)20-35(24-17-12-21(2)26(31)18-24)40(38,39)25-10-8-7-9-11-25/h7-18,27H,6,19-20H2,1-5H3,(H,33,37)/t27-/m0/s1. The van der Waals surface area contributed by atoms with Crippen LogP contribution in [0.4, 0.5) is 10.1 Å². The average molecular weight is 588 g/mol. The van der Waals surface area contributed by atoms with E-state index in [9.17, 15) is 22.4 Å². The van der Waals surface area contributed by atoms with Crippen molar-refractivity contribution in [3.8, 4) is 0 Å². The quantitative estimate of drug-likeness (QED) is 0.329. The lowest BCUT2D eigenvalue weighted by Crippen LogP contribution is -2.55. The van der Waals surface area contributed by atoms with Gasteiger partial charge >= 0.3 is 0 Å². The van der Waals surface area contributed by atoms with Crippen LogP contribution in [0.5, 0.6) is 0 Å².